The van der Waals surface area contributed by atoms with Gasteiger partial charge >= 0.3 is 0 Å². The highest BCUT2D eigenvalue weighted by Crippen LogP contribution is 2.21. The first-order valence-electron chi connectivity index (χ1n) is 6.02. The van der Waals surface area contributed by atoms with E-state index in [1.807, 2.05) is 6.92 Å². The molecule has 19 heavy (non-hydrogen) atoms. The number of sulfonamides is 1. The van der Waals surface area contributed by atoms with E-state index in [2.05, 4.69) is 13.5 Å². The Morgan fingerprint density at radius 3 is 2.89 bits per heavy atom. The zero-order chi connectivity index (χ0) is 13.9. The number of rotatable bonds is 6. The summed E-state index contributed by atoms with van der Waals surface area (Å²) in [5, 5.41) is 0. The number of nitrogens with zero attached hydrogens (tertiary/aromatic N) is 2. The number of hydrogen-bond donors (Lipinski definition) is 2. The third-order valence-electron chi connectivity index (χ3n) is 2.78. The molecule has 3 N–H and O–H groups in total. The van der Waals surface area contributed by atoms with Crippen LogP contribution in [0.1, 0.15) is 19.8 Å². The van der Waals surface area contributed by atoms with Gasteiger partial charge in [-0.15, -0.1) is 0 Å². The van der Waals surface area contributed by atoms with E-state index >= 15 is 0 Å². The van der Waals surface area contributed by atoms with E-state index in [0.717, 1.165) is 18.1 Å². The quantitative estimate of drug-likeness (QED) is 0.832. The third-order valence-corrected chi connectivity index (χ3v) is 4.88. The lowest BCUT2D eigenvalue weighted by Gasteiger charge is -2.16. The van der Waals surface area contributed by atoms with Crippen LogP contribution in [-0.2, 0) is 10.0 Å². The van der Waals surface area contributed by atoms with Crippen molar-refractivity contribution in [3.8, 4) is 0 Å². The highest BCUT2D eigenvalue weighted by molar-refractivity contribution is 7.89. The van der Waals surface area contributed by atoms with Crippen molar-refractivity contribution in [3.63, 3.8) is 0 Å². The SMILES string of the molecule is CCCC(CN)NS(=O)(=O)c1cccc2nsnc12. The molecule has 1 aromatic heterocycles. The van der Waals surface area contributed by atoms with Crippen molar-refractivity contribution in [2.45, 2.75) is 30.7 Å². The molecule has 1 heterocycles. The number of hydrogen-bond acceptors (Lipinski definition) is 6. The highest BCUT2D eigenvalue weighted by Gasteiger charge is 2.22. The first kappa shape index (κ1) is 14.3. The van der Waals surface area contributed by atoms with Gasteiger partial charge in [0.1, 0.15) is 15.9 Å². The number of nitrogens with two attached hydrogens (primary N) is 1. The van der Waals surface area contributed by atoms with Crippen LogP contribution in [0.3, 0.4) is 0 Å². The Hall–Kier alpha value is -1.09. The van der Waals surface area contributed by atoms with Crippen molar-refractivity contribution >= 4 is 32.8 Å². The number of fused-ring (bicyclic) bond motifs is 1. The maximum atomic E-state index is 12.4. The standard InChI is InChI=1S/C11H16N4O2S2/c1-2-4-8(7-12)15-19(16,17)10-6-3-5-9-11(10)14-18-13-9/h3,5-6,8,15H,2,4,7,12H2,1H3. The maximum absolute atomic E-state index is 12.4. The molecule has 0 fully saturated rings. The van der Waals surface area contributed by atoms with Crippen LogP contribution in [0.2, 0.25) is 0 Å². The normalized spacial score (nSPS) is 13.8. The zero-order valence-electron chi connectivity index (χ0n) is 10.5. The minimum Gasteiger partial charge on any atom is -0.329 e. The van der Waals surface area contributed by atoms with Crippen molar-refractivity contribution < 1.29 is 8.42 Å². The molecular formula is C11H16N4O2S2. The topological polar surface area (TPSA) is 98.0 Å². The van der Waals surface area contributed by atoms with Gasteiger partial charge in [-0.1, -0.05) is 19.4 Å². The largest absolute Gasteiger partial charge is 0.329 e. The average Bonchev–Trinajstić information content (AvgIpc) is 2.85. The molecule has 6 nitrogen and oxygen atoms in total. The molecule has 0 saturated carbocycles. The lowest BCUT2D eigenvalue weighted by atomic mass is 10.2. The van der Waals surface area contributed by atoms with Gasteiger partial charge in [0.2, 0.25) is 10.0 Å². The van der Waals surface area contributed by atoms with Crippen molar-refractivity contribution in [2.24, 2.45) is 5.73 Å². The summed E-state index contributed by atoms with van der Waals surface area (Å²) in [5.41, 5.74) is 6.58. The first-order valence-corrected chi connectivity index (χ1v) is 8.23. The first-order chi connectivity index (χ1) is 9.08. The molecular weight excluding hydrogens is 284 g/mol. The van der Waals surface area contributed by atoms with Gasteiger partial charge in [-0.25, -0.2) is 13.1 Å². The molecule has 0 aliphatic carbocycles. The van der Waals surface area contributed by atoms with E-state index < -0.39 is 10.0 Å². The summed E-state index contributed by atoms with van der Waals surface area (Å²) in [6, 6.07) is 4.68. The Morgan fingerprint density at radius 1 is 1.42 bits per heavy atom. The minimum absolute atomic E-state index is 0.160. The number of nitrogens with one attached hydrogen (secondary N) is 1. The van der Waals surface area contributed by atoms with Crippen LogP contribution in [0, 0.1) is 0 Å². The van der Waals surface area contributed by atoms with Gasteiger partial charge in [0.25, 0.3) is 0 Å². The van der Waals surface area contributed by atoms with Crippen LogP contribution in [-0.4, -0.2) is 29.8 Å². The fourth-order valence-corrected chi connectivity index (χ4v) is 3.90. The van der Waals surface area contributed by atoms with Gasteiger partial charge in [-0.05, 0) is 18.6 Å². The smallest absolute Gasteiger partial charge is 0.243 e. The van der Waals surface area contributed by atoms with E-state index in [4.69, 9.17) is 5.73 Å². The third kappa shape index (κ3) is 3.08. The number of benzene rings is 1. The summed E-state index contributed by atoms with van der Waals surface area (Å²) in [4.78, 5) is 0.160. The molecule has 0 radical (unpaired) electrons. The van der Waals surface area contributed by atoms with Crippen molar-refractivity contribution in [1.29, 1.82) is 0 Å². The summed E-state index contributed by atoms with van der Waals surface area (Å²) in [5.74, 6) is 0. The molecule has 0 amide bonds. The summed E-state index contributed by atoms with van der Waals surface area (Å²) in [6.07, 6.45) is 1.58. The molecule has 1 aromatic carbocycles. The Bertz CT molecular complexity index is 654. The predicted molar refractivity (Wildman–Crippen MR) is 75.5 cm³/mol. The summed E-state index contributed by atoms with van der Waals surface area (Å²) < 4.78 is 35.4. The lowest BCUT2D eigenvalue weighted by molar-refractivity contribution is 0.527. The van der Waals surface area contributed by atoms with Gasteiger partial charge in [0.15, 0.2) is 0 Å². The van der Waals surface area contributed by atoms with Crippen molar-refractivity contribution in [1.82, 2.24) is 13.5 Å². The molecule has 2 rings (SSSR count). The Labute approximate surface area is 116 Å². The zero-order valence-corrected chi connectivity index (χ0v) is 12.2. The molecule has 1 unspecified atom stereocenters. The Balaban J connectivity index is 2.36. The van der Waals surface area contributed by atoms with Crippen molar-refractivity contribution in [3.05, 3.63) is 18.2 Å². The molecule has 1 atom stereocenters. The molecule has 0 aliphatic rings. The number of aromatic nitrogens is 2. The molecule has 2 aromatic rings. The van der Waals surface area contributed by atoms with E-state index in [0.29, 0.717) is 17.5 Å². The maximum Gasteiger partial charge on any atom is 0.243 e. The summed E-state index contributed by atoms with van der Waals surface area (Å²) in [6.45, 7) is 2.26. The fourth-order valence-electron chi connectivity index (χ4n) is 1.85. The van der Waals surface area contributed by atoms with Gasteiger partial charge in [-0.2, -0.15) is 8.75 Å². The molecule has 0 aliphatic heterocycles. The second-order valence-corrected chi connectivity index (χ2v) is 6.44. The summed E-state index contributed by atoms with van der Waals surface area (Å²) in [7, 11) is -3.62. The van der Waals surface area contributed by atoms with Crippen LogP contribution in [0.25, 0.3) is 11.0 Å². The van der Waals surface area contributed by atoms with Gasteiger partial charge < -0.3 is 5.73 Å². The Morgan fingerprint density at radius 2 is 2.21 bits per heavy atom. The van der Waals surface area contributed by atoms with E-state index in [9.17, 15) is 8.42 Å². The van der Waals surface area contributed by atoms with Crippen molar-refractivity contribution in [2.75, 3.05) is 6.54 Å². The lowest BCUT2D eigenvalue weighted by Crippen LogP contribution is -2.40. The second kappa shape index (κ2) is 5.91. The van der Waals surface area contributed by atoms with Gasteiger partial charge in [0, 0.05) is 12.6 Å². The molecule has 104 valence electrons. The molecule has 0 saturated heterocycles. The average molecular weight is 300 g/mol. The summed E-state index contributed by atoms with van der Waals surface area (Å²) >= 11 is 1.00. The fraction of sp³-hybridized carbons (Fsp3) is 0.455. The molecule has 0 bridgehead atoms. The van der Waals surface area contributed by atoms with Crippen LogP contribution >= 0.6 is 11.7 Å². The Kier molecular flexibility index (Phi) is 4.46. The van der Waals surface area contributed by atoms with E-state index in [1.54, 1.807) is 12.1 Å². The second-order valence-electron chi connectivity index (χ2n) is 4.23. The minimum atomic E-state index is -3.62. The van der Waals surface area contributed by atoms with Crippen LogP contribution in [0.5, 0.6) is 0 Å². The monoisotopic (exact) mass is 300 g/mol. The van der Waals surface area contributed by atoms with E-state index in [-0.39, 0.29) is 17.5 Å². The predicted octanol–water partition coefficient (Wildman–Crippen LogP) is 1.10. The van der Waals surface area contributed by atoms with Gasteiger partial charge in [0.05, 0.1) is 11.7 Å². The highest BCUT2D eigenvalue weighted by atomic mass is 32.2. The molecule has 8 heteroatoms. The van der Waals surface area contributed by atoms with Crippen LogP contribution in [0.4, 0.5) is 0 Å². The molecule has 0 spiro atoms. The van der Waals surface area contributed by atoms with Crippen LogP contribution < -0.4 is 10.5 Å². The van der Waals surface area contributed by atoms with Crippen LogP contribution in [0.15, 0.2) is 23.1 Å². The van der Waals surface area contributed by atoms with E-state index in [1.165, 1.54) is 6.07 Å². The van der Waals surface area contributed by atoms with Gasteiger partial charge in [-0.3, -0.25) is 0 Å².